The third kappa shape index (κ3) is 5.35. The molecule has 0 aliphatic rings. The van der Waals surface area contributed by atoms with Crippen molar-refractivity contribution >= 4 is 21.7 Å². The fourth-order valence-electron chi connectivity index (χ4n) is 2.46. The first kappa shape index (κ1) is 19.2. The number of likely N-dealkylation sites (N-methyl/N-ethyl adjacent to an activating group) is 1. The number of rotatable bonds is 8. The monoisotopic (exact) mass is 341 g/mol. The molecule has 1 amide bonds. The zero-order valence-electron chi connectivity index (χ0n) is 13.7. The smallest absolute Gasteiger partial charge is 0.335 e. The van der Waals surface area contributed by atoms with E-state index in [2.05, 4.69) is 0 Å². The normalized spacial score (nSPS) is 12.7. The number of carbonyl (C=O) groups is 2. The Morgan fingerprint density at radius 1 is 1.22 bits per heavy atom. The molecule has 23 heavy (non-hydrogen) atoms. The van der Waals surface area contributed by atoms with Gasteiger partial charge in [0, 0.05) is 18.3 Å². The summed E-state index contributed by atoms with van der Waals surface area (Å²) in [6.45, 7) is 5.41. The van der Waals surface area contributed by atoms with Gasteiger partial charge in [0.15, 0.2) is 9.84 Å². The van der Waals surface area contributed by atoms with Gasteiger partial charge in [0.1, 0.15) is 0 Å². The summed E-state index contributed by atoms with van der Waals surface area (Å²) in [5, 5.41) is 9.16. The standard InChI is InChI=1S/C16H23NO5S/c1-4-17(12(3)11-23(21,22)5-2)15(18)10-13-8-6-7-9-14(13)16(19)20/h6-9,12H,4-5,10-11H2,1-3H3,(H,19,20). The summed E-state index contributed by atoms with van der Waals surface area (Å²) in [6.07, 6.45) is -0.0627. The molecule has 1 N–H and O–H groups in total. The van der Waals surface area contributed by atoms with E-state index in [1.54, 1.807) is 39.0 Å². The Kier molecular flexibility index (Phi) is 6.75. The van der Waals surface area contributed by atoms with Crippen molar-refractivity contribution in [1.29, 1.82) is 0 Å². The molecule has 0 bridgehead atoms. The average molecular weight is 341 g/mol. The summed E-state index contributed by atoms with van der Waals surface area (Å²) >= 11 is 0. The van der Waals surface area contributed by atoms with Crippen LogP contribution in [0.1, 0.15) is 36.7 Å². The van der Waals surface area contributed by atoms with E-state index >= 15 is 0 Å². The van der Waals surface area contributed by atoms with Crippen molar-refractivity contribution in [2.45, 2.75) is 33.2 Å². The van der Waals surface area contributed by atoms with E-state index in [0.717, 1.165) is 0 Å². The fraction of sp³-hybridized carbons (Fsp3) is 0.500. The minimum absolute atomic E-state index is 0.0327. The van der Waals surface area contributed by atoms with E-state index in [4.69, 9.17) is 5.11 Å². The first-order valence-corrected chi connectivity index (χ1v) is 9.35. The largest absolute Gasteiger partial charge is 0.478 e. The lowest BCUT2D eigenvalue weighted by atomic mass is 10.0. The summed E-state index contributed by atoms with van der Waals surface area (Å²) in [5.41, 5.74) is 0.514. The molecule has 1 aromatic carbocycles. The Bertz CT molecular complexity index is 669. The number of nitrogens with zero attached hydrogens (tertiary/aromatic N) is 1. The van der Waals surface area contributed by atoms with Crippen molar-refractivity contribution in [3.8, 4) is 0 Å². The van der Waals surface area contributed by atoms with Gasteiger partial charge in [0.2, 0.25) is 5.91 Å². The van der Waals surface area contributed by atoms with Gasteiger partial charge in [-0.05, 0) is 25.5 Å². The molecule has 0 heterocycles. The molecule has 0 radical (unpaired) electrons. The molecule has 0 saturated carbocycles. The Balaban J connectivity index is 2.92. The first-order chi connectivity index (χ1) is 10.7. The number of carboxylic acids is 1. The predicted molar refractivity (Wildman–Crippen MR) is 88.3 cm³/mol. The number of sulfone groups is 1. The van der Waals surface area contributed by atoms with Crippen LogP contribution in [-0.2, 0) is 21.1 Å². The highest BCUT2D eigenvalue weighted by molar-refractivity contribution is 7.91. The van der Waals surface area contributed by atoms with Crippen molar-refractivity contribution in [3.63, 3.8) is 0 Å². The molecule has 128 valence electrons. The van der Waals surface area contributed by atoms with Gasteiger partial charge in [-0.15, -0.1) is 0 Å². The summed E-state index contributed by atoms with van der Waals surface area (Å²) in [7, 11) is -3.19. The van der Waals surface area contributed by atoms with Gasteiger partial charge >= 0.3 is 5.97 Å². The van der Waals surface area contributed by atoms with Gasteiger partial charge in [0.05, 0.1) is 17.7 Å². The molecule has 0 aliphatic heterocycles. The number of hydrogen-bond donors (Lipinski definition) is 1. The van der Waals surface area contributed by atoms with Crippen molar-refractivity contribution in [2.24, 2.45) is 0 Å². The predicted octanol–water partition coefficient (Wildman–Crippen LogP) is 1.60. The first-order valence-electron chi connectivity index (χ1n) is 7.52. The highest BCUT2D eigenvalue weighted by Gasteiger charge is 2.24. The summed E-state index contributed by atoms with van der Waals surface area (Å²) in [5.74, 6) is -1.42. The maximum Gasteiger partial charge on any atom is 0.335 e. The number of amides is 1. The van der Waals surface area contributed by atoms with Crippen LogP contribution >= 0.6 is 0 Å². The molecule has 0 spiro atoms. The zero-order valence-corrected chi connectivity index (χ0v) is 14.5. The molecule has 7 heteroatoms. The van der Waals surface area contributed by atoms with E-state index in [0.29, 0.717) is 12.1 Å². The van der Waals surface area contributed by atoms with Gasteiger partial charge in [0.25, 0.3) is 0 Å². The van der Waals surface area contributed by atoms with Crippen molar-refractivity contribution in [1.82, 2.24) is 4.90 Å². The van der Waals surface area contributed by atoms with Gasteiger partial charge in [-0.2, -0.15) is 0 Å². The van der Waals surface area contributed by atoms with Crippen LogP contribution in [0.2, 0.25) is 0 Å². The third-order valence-corrected chi connectivity index (χ3v) is 5.59. The maximum absolute atomic E-state index is 12.5. The number of carbonyl (C=O) groups excluding carboxylic acids is 1. The maximum atomic E-state index is 12.5. The third-order valence-electron chi connectivity index (χ3n) is 3.72. The number of aromatic carboxylic acids is 1. The summed E-state index contributed by atoms with van der Waals surface area (Å²) in [4.78, 5) is 25.1. The molecular weight excluding hydrogens is 318 g/mol. The van der Waals surface area contributed by atoms with Crippen LogP contribution in [0, 0.1) is 0 Å². The second kappa shape index (κ2) is 8.10. The minimum atomic E-state index is -3.19. The molecule has 0 saturated heterocycles. The van der Waals surface area contributed by atoms with Crippen molar-refractivity contribution in [2.75, 3.05) is 18.1 Å². The fourth-order valence-corrected chi connectivity index (χ4v) is 3.61. The Morgan fingerprint density at radius 3 is 2.35 bits per heavy atom. The molecule has 0 fully saturated rings. The molecule has 0 aromatic heterocycles. The molecule has 1 unspecified atom stereocenters. The number of hydrogen-bond acceptors (Lipinski definition) is 4. The topological polar surface area (TPSA) is 91.8 Å². The Morgan fingerprint density at radius 2 is 1.83 bits per heavy atom. The van der Waals surface area contributed by atoms with Crippen LogP contribution in [0.4, 0.5) is 0 Å². The van der Waals surface area contributed by atoms with Gasteiger partial charge in [-0.3, -0.25) is 4.79 Å². The SMILES string of the molecule is CCN(C(=O)Cc1ccccc1C(=O)O)C(C)CS(=O)(=O)CC. The second-order valence-corrected chi connectivity index (χ2v) is 7.76. The molecule has 1 atom stereocenters. The lowest BCUT2D eigenvalue weighted by Crippen LogP contribution is -2.43. The van der Waals surface area contributed by atoms with Crippen LogP contribution in [0.3, 0.4) is 0 Å². The van der Waals surface area contributed by atoms with E-state index in [1.165, 1.54) is 11.0 Å². The van der Waals surface area contributed by atoms with Gasteiger partial charge in [-0.25, -0.2) is 13.2 Å². The zero-order chi connectivity index (χ0) is 17.6. The number of benzene rings is 1. The molecule has 0 aliphatic carbocycles. The molecular formula is C16H23NO5S. The number of carboxylic acid groups (broad SMARTS) is 1. The van der Waals surface area contributed by atoms with E-state index in [9.17, 15) is 18.0 Å². The van der Waals surface area contributed by atoms with Crippen molar-refractivity contribution in [3.05, 3.63) is 35.4 Å². The second-order valence-electron chi connectivity index (χ2n) is 5.37. The lowest BCUT2D eigenvalue weighted by Gasteiger charge is -2.28. The van der Waals surface area contributed by atoms with Crippen LogP contribution in [-0.4, -0.2) is 54.4 Å². The Hall–Kier alpha value is -1.89. The molecule has 1 aromatic rings. The molecule has 1 rings (SSSR count). The lowest BCUT2D eigenvalue weighted by molar-refractivity contribution is -0.131. The van der Waals surface area contributed by atoms with Crippen LogP contribution in [0.5, 0.6) is 0 Å². The van der Waals surface area contributed by atoms with Gasteiger partial charge in [-0.1, -0.05) is 25.1 Å². The highest BCUT2D eigenvalue weighted by Crippen LogP contribution is 2.13. The summed E-state index contributed by atoms with van der Waals surface area (Å²) in [6, 6.07) is 5.88. The Labute approximate surface area is 137 Å². The van der Waals surface area contributed by atoms with Crippen molar-refractivity contribution < 1.29 is 23.1 Å². The van der Waals surface area contributed by atoms with Crippen LogP contribution < -0.4 is 0 Å². The van der Waals surface area contributed by atoms with Crippen LogP contribution in [0.15, 0.2) is 24.3 Å². The molecule has 6 nitrogen and oxygen atoms in total. The highest BCUT2D eigenvalue weighted by atomic mass is 32.2. The minimum Gasteiger partial charge on any atom is -0.478 e. The van der Waals surface area contributed by atoms with E-state index < -0.39 is 21.8 Å². The average Bonchev–Trinajstić information content (AvgIpc) is 2.47. The van der Waals surface area contributed by atoms with Gasteiger partial charge < -0.3 is 10.0 Å². The van der Waals surface area contributed by atoms with E-state index in [-0.39, 0.29) is 29.4 Å². The van der Waals surface area contributed by atoms with E-state index in [1.807, 2.05) is 0 Å². The quantitative estimate of drug-likeness (QED) is 0.775. The van der Waals surface area contributed by atoms with Crippen LogP contribution in [0.25, 0.3) is 0 Å². The summed E-state index contributed by atoms with van der Waals surface area (Å²) < 4.78 is 23.5.